The Bertz CT molecular complexity index is 514. The molecule has 0 aromatic carbocycles. The van der Waals surface area contributed by atoms with Crippen molar-refractivity contribution in [1.82, 2.24) is 20.0 Å². The van der Waals surface area contributed by atoms with E-state index in [1.165, 1.54) is 18.3 Å². The molecule has 0 unspecified atom stereocenters. The molecule has 78 valence electrons. The fraction of sp³-hybridized carbons (Fsp3) is 0.333. The summed E-state index contributed by atoms with van der Waals surface area (Å²) in [6, 6.07) is 0. The van der Waals surface area contributed by atoms with E-state index < -0.39 is 0 Å². The second kappa shape index (κ2) is 3.54. The molecule has 2 aromatic heterocycles. The second-order valence-corrected chi connectivity index (χ2v) is 4.43. The molecule has 0 bridgehead atoms. The van der Waals surface area contributed by atoms with E-state index in [0.717, 1.165) is 15.6 Å². The number of carbonyl (C=O) groups excluding carboxylic acids is 1. The van der Waals surface area contributed by atoms with E-state index in [4.69, 9.17) is 0 Å². The number of aromatic nitrogens is 4. The van der Waals surface area contributed by atoms with Crippen LogP contribution in [0.15, 0.2) is 6.20 Å². The summed E-state index contributed by atoms with van der Waals surface area (Å²) in [5.74, 6) is -0.00914. The van der Waals surface area contributed by atoms with E-state index in [9.17, 15) is 4.79 Å². The molecule has 0 aliphatic carbocycles. The van der Waals surface area contributed by atoms with Gasteiger partial charge in [-0.1, -0.05) is 5.21 Å². The lowest BCUT2D eigenvalue weighted by atomic mass is 10.3. The number of carbonyl (C=O) groups is 1. The summed E-state index contributed by atoms with van der Waals surface area (Å²) in [6.07, 6.45) is 1.64. The van der Waals surface area contributed by atoms with Crippen LogP contribution in [0.1, 0.15) is 22.3 Å². The molecule has 0 aliphatic rings. The number of hydrogen-bond acceptors (Lipinski definition) is 5. The molecular formula is C9H10N4OS. The molecular weight excluding hydrogens is 212 g/mol. The average Bonchev–Trinajstić information content (AvgIpc) is 2.71. The fourth-order valence-electron chi connectivity index (χ4n) is 1.32. The fourth-order valence-corrected chi connectivity index (χ4v) is 2.32. The van der Waals surface area contributed by atoms with Crippen molar-refractivity contribution in [1.29, 1.82) is 0 Å². The third-order valence-corrected chi connectivity index (χ3v) is 3.06. The highest BCUT2D eigenvalue weighted by Crippen LogP contribution is 2.26. The van der Waals surface area contributed by atoms with Gasteiger partial charge in [0.15, 0.2) is 5.78 Å². The van der Waals surface area contributed by atoms with Gasteiger partial charge in [-0.05, 0) is 6.92 Å². The summed E-state index contributed by atoms with van der Waals surface area (Å²) < 4.78 is 1.64. The molecule has 0 fully saturated rings. The zero-order valence-corrected chi connectivity index (χ0v) is 9.50. The highest BCUT2D eigenvalue weighted by molar-refractivity contribution is 7.15. The van der Waals surface area contributed by atoms with E-state index >= 15 is 0 Å². The van der Waals surface area contributed by atoms with Gasteiger partial charge in [0.05, 0.1) is 6.20 Å². The molecule has 5 nitrogen and oxygen atoms in total. The van der Waals surface area contributed by atoms with Gasteiger partial charge < -0.3 is 0 Å². The van der Waals surface area contributed by atoms with Crippen LogP contribution in [-0.4, -0.2) is 25.8 Å². The largest absolute Gasteiger partial charge is 0.293 e. The first-order valence-electron chi connectivity index (χ1n) is 4.43. The Balaban J connectivity index is 2.52. The van der Waals surface area contributed by atoms with Crippen LogP contribution in [0.5, 0.6) is 0 Å². The molecule has 2 aromatic rings. The lowest BCUT2D eigenvalue weighted by Crippen LogP contribution is -1.96. The quantitative estimate of drug-likeness (QED) is 0.721. The third-order valence-electron chi connectivity index (χ3n) is 2.06. The lowest BCUT2D eigenvalue weighted by molar-refractivity contribution is 0.101. The van der Waals surface area contributed by atoms with Crippen molar-refractivity contribution in [3.8, 4) is 10.7 Å². The van der Waals surface area contributed by atoms with Crippen LogP contribution in [-0.2, 0) is 7.05 Å². The van der Waals surface area contributed by atoms with Crippen molar-refractivity contribution in [2.75, 3.05) is 0 Å². The number of rotatable bonds is 2. The van der Waals surface area contributed by atoms with Gasteiger partial charge in [0.25, 0.3) is 0 Å². The normalized spacial score (nSPS) is 10.6. The van der Waals surface area contributed by atoms with Gasteiger partial charge in [-0.3, -0.25) is 4.79 Å². The predicted octanol–water partition coefficient (Wildman–Crippen LogP) is 1.45. The highest BCUT2D eigenvalue weighted by Gasteiger charge is 2.14. The van der Waals surface area contributed by atoms with Crippen molar-refractivity contribution in [3.05, 3.63) is 16.8 Å². The topological polar surface area (TPSA) is 60.7 Å². The molecule has 2 rings (SSSR count). The van der Waals surface area contributed by atoms with Crippen LogP contribution in [0.2, 0.25) is 0 Å². The summed E-state index contributed by atoms with van der Waals surface area (Å²) in [5.41, 5.74) is 1.37. The molecule has 15 heavy (non-hydrogen) atoms. The van der Waals surface area contributed by atoms with Crippen molar-refractivity contribution in [3.63, 3.8) is 0 Å². The molecule has 2 heterocycles. The first-order chi connectivity index (χ1) is 7.09. The predicted molar refractivity (Wildman–Crippen MR) is 56.9 cm³/mol. The minimum absolute atomic E-state index is 0.00914. The van der Waals surface area contributed by atoms with Crippen LogP contribution in [0.4, 0.5) is 0 Å². The third kappa shape index (κ3) is 1.68. The van der Waals surface area contributed by atoms with Crippen LogP contribution in [0, 0.1) is 6.92 Å². The maximum Gasteiger partial charge on any atom is 0.179 e. The van der Waals surface area contributed by atoms with Gasteiger partial charge in [-0.25, -0.2) is 9.67 Å². The smallest absolute Gasteiger partial charge is 0.179 e. The molecule has 0 spiro atoms. The van der Waals surface area contributed by atoms with Gasteiger partial charge in [-0.15, -0.1) is 16.4 Å². The van der Waals surface area contributed by atoms with E-state index in [2.05, 4.69) is 15.3 Å². The Morgan fingerprint density at radius 1 is 1.53 bits per heavy atom. The highest BCUT2D eigenvalue weighted by atomic mass is 32.1. The van der Waals surface area contributed by atoms with E-state index in [1.807, 2.05) is 6.92 Å². The minimum atomic E-state index is -0.00914. The van der Waals surface area contributed by atoms with Crippen LogP contribution >= 0.6 is 11.3 Å². The maximum atomic E-state index is 11.2. The van der Waals surface area contributed by atoms with Gasteiger partial charge >= 0.3 is 0 Å². The molecule has 6 heteroatoms. The molecule has 0 radical (unpaired) electrons. The Morgan fingerprint density at radius 2 is 2.27 bits per heavy atom. The number of thiazole rings is 1. The summed E-state index contributed by atoms with van der Waals surface area (Å²) in [7, 11) is 1.80. The van der Waals surface area contributed by atoms with Crippen LogP contribution < -0.4 is 0 Å². The van der Waals surface area contributed by atoms with E-state index in [0.29, 0.717) is 5.69 Å². The summed E-state index contributed by atoms with van der Waals surface area (Å²) in [5, 5.41) is 8.38. The molecule has 0 atom stereocenters. The summed E-state index contributed by atoms with van der Waals surface area (Å²) >= 11 is 1.48. The maximum absolute atomic E-state index is 11.2. The van der Waals surface area contributed by atoms with E-state index in [-0.39, 0.29) is 5.78 Å². The molecule has 0 aliphatic heterocycles. The first-order valence-corrected chi connectivity index (χ1v) is 5.24. The SMILES string of the molecule is CC(=O)c1nc(-c2cnnn2C)sc1C. The monoisotopic (exact) mass is 222 g/mol. The zero-order valence-electron chi connectivity index (χ0n) is 8.68. The van der Waals surface area contributed by atoms with Crippen molar-refractivity contribution in [2.24, 2.45) is 7.05 Å². The van der Waals surface area contributed by atoms with Crippen molar-refractivity contribution >= 4 is 17.1 Å². The van der Waals surface area contributed by atoms with Crippen molar-refractivity contribution in [2.45, 2.75) is 13.8 Å². The Kier molecular flexibility index (Phi) is 2.36. The standard InChI is InChI=1S/C9H10N4OS/c1-5(14)8-6(2)15-9(11-8)7-4-10-12-13(7)3/h4H,1-3H3. The Labute approximate surface area is 90.8 Å². The van der Waals surface area contributed by atoms with E-state index in [1.54, 1.807) is 17.9 Å². The van der Waals surface area contributed by atoms with Gasteiger partial charge in [-0.2, -0.15) is 0 Å². The Morgan fingerprint density at radius 3 is 2.73 bits per heavy atom. The van der Waals surface area contributed by atoms with Gasteiger partial charge in [0.1, 0.15) is 16.4 Å². The minimum Gasteiger partial charge on any atom is -0.293 e. The van der Waals surface area contributed by atoms with Crippen molar-refractivity contribution < 1.29 is 4.79 Å². The molecule has 0 saturated carbocycles. The number of nitrogens with zero attached hydrogens (tertiary/aromatic N) is 4. The first kappa shape index (κ1) is 9.97. The number of ketones is 1. The average molecular weight is 222 g/mol. The zero-order chi connectivity index (χ0) is 11.0. The second-order valence-electron chi connectivity index (χ2n) is 3.22. The van der Waals surface area contributed by atoms with Crippen LogP contribution in [0.3, 0.4) is 0 Å². The van der Waals surface area contributed by atoms with Crippen LogP contribution in [0.25, 0.3) is 10.7 Å². The number of aryl methyl sites for hydroxylation is 2. The molecule has 0 saturated heterocycles. The Hall–Kier alpha value is -1.56. The molecule has 0 amide bonds. The molecule has 0 N–H and O–H groups in total. The summed E-state index contributed by atoms with van der Waals surface area (Å²) in [6.45, 7) is 3.41. The number of hydrogen-bond donors (Lipinski definition) is 0. The summed E-state index contributed by atoms with van der Waals surface area (Å²) in [4.78, 5) is 16.5. The van der Waals surface area contributed by atoms with Gasteiger partial charge in [0.2, 0.25) is 0 Å². The number of Topliss-reactive ketones (excluding diaryl/α,β-unsaturated/α-hetero) is 1. The van der Waals surface area contributed by atoms with Gasteiger partial charge in [0, 0.05) is 18.8 Å². The lowest BCUT2D eigenvalue weighted by Gasteiger charge is -1.92.